The number of fused-ring (bicyclic) bond motifs is 1. The summed E-state index contributed by atoms with van der Waals surface area (Å²) in [7, 11) is 0. The van der Waals surface area contributed by atoms with Crippen molar-refractivity contribution in [3.63, 3.8) is 0 Å². The molecule has 0 aliphatic rings. The van der Waals surface area contributed by atoms with Gasteiger partial charge in [0, 0.05) is 6.20 Å². The standard InChI is InChI=1S/C15H9F3N6O2/c16-15(17,18)12-7(5-20-26-12)14(25)23-10-6-19-24-11(10)13-21-8-3-1-2-4-9(8)22-13/h1-6H,(H,19,24)(H,21,22)(H,23,25). The quantitative estimate of drug-likeness (QED) is 0.518. The van der Waals surface area contributed by atoms with E-state index in [2.05, 4.69) is 35.2 Å². The molecule has 4 rings (SSSR count). The zero-order chi connectivity index (χ0) is 18.3. The van der Waals surface area contributed by atoms with E-state index >= 15 is 0 Å². The Hall–Kier alpha value is -3.63. The molecule has 1 amide bonds. The maximum atomic E-state index is 12.8. The Balaban J connectivity index is 1.66. The van der Waals surface area contributed by atoms with Gasteiger partial charge in [-0.25, -0.2) is 4.98 Å². The molecule has 1 aromatic carbocycles. The van der Waals surface area contributed by atoms with E-state index in [0.717, 1.165) is 5.52 Å². The zero-order valence-electron chi connectivity index (χ0n) is 12.8. The summed E-state index contributed by atoms with van der Waals surface area (Å²) in [4.78, 5) is 19.6. The van der Waals surface area contributed by atoms with Gasteiger partial charge in [0.05, 0.1) is 22.9 Å². The number of carbonyl (C=O) groups is 1. The first kappa shape index (κ1) is 15.9. The van der Waals surface area contributed by atoms with E-state index in [-0.39, 0.29) is 11.4 Å². The van der Waals surface area contributed by atoms with Crippen LogP contribution in [0.1, 0.15) is 16.1 Å². The van der Waals surface area contributed by atoms with Crippen molar-refractivity contribution in [2.45, 2.75) is 6.18 Å². The number of hydrogen-bond donors (Lipinski definition) is 3. The third-order valence-corrected chi connectivity index (χ3v) is 3.57. The highest BCUT2D eigenvalue weighted by molar-refractivity contribution is 6.06. The number of hydrogen-bond acceptors (Lipinski definition) is 5. The van der Waals surface area contributed by atoms with Crippen LogP contribution in [0.5, 0.6) is 0 Å². The number of benzene rings is 1. The lowest BCUT2D eigenvalue weighted by molar-refractivity contribution is -0.155. The van der Waals surface area contributed by atoms with Crippen LogP contribution in [0.25, 0.3) is 22.6 Å². The lowest BCUT2D eigenvalue weighted by Gasteiger charge is -2.05. The van der Waals surface area contributed by atoms with Crippen LogP contribution in [-0.2, 0) is 6.18 Å². The minimum absolute atomic E-state index is 0.156. The molecule has 4 aromatic rings. The Morgan fingerprint density at radius 2 is 2.04 bits per heavy atom. The van der Waals surface area contributed by atoms with Crippen LogP contribution in [0.15, 0.2) is 41.2 Å². The number of aromatic nitrogens is 5. The van der Waals surface area contributed by atoms with Crippen molar-refractivity contribution in [3.8, 4) is 11.5 Å². The van der Waals surface area contributed by atoms with Crippen molar-refractivity contribution >= 4 is 22.6 Å². The second-order valence-corrected chi connectivity index (χ2v) is 5.27. The average molecular weight is 362 g/mol. The summed E-state index contributed by atoms with van der Waals surface area (Å²) < 4.78 is 42.7. The topological polar surface area (TPSA) is 112 Å². The Morgan fingerprint density at radius 1 is 1.23 bits per heavy atom. The lowest BCUT2D eigenvalue weighted by atomic mass is 10.2. The smallest absolute Gasteiger partial charge is 0.351 e. The van der Waals surface area contributed by atoms with Crippen LogP contribution in [-0.4, -0.2) is 31.2 Å². The number of imidazole rings is 1. The second-order valence-electron chi connectivity index (χ2n) is 5.27. The van der Waals surface area contributed by atoms with Crippen LogP contribution < -0.4 is 5.32 Å². The molecule has 0 radical (unpaired) electrons. The van der Waals surface area contributed by atoms with Crippen molar-refractivity contribution in [2.24, 2.45) is 0 Å². The van der Waals surface area contributed by atoms with Crippen LogP contribution >= 0.6 is 0 Å². The van der Waals surface area contributed by atoms with Gasteiger partial charge in [0.25, 0.3) is 11.7 Å². The minimum Gasteiger partial charge on any atom is -0.351 e. The van der Waals surface area contributed by atoms with E-state index in [1.807, 2.05) is 18.2 Å². The fourth-order valence-corrected chi connectivity index (χ4v) is 2.43. The second kappa shape index (κ2) is 5.72. The average Bonchev–Trinajstić information content (AvgIpc) is 3.32. The molecule has 0 atom stereocenters. The largest absolute Gasteiger partial charge is 0.453 e. The van der Waals surface area contributed by atoms with E-state index in [9.17, 15) is 18.0 Å². The molecule has 0 aliphatic heterocycles. The first-order valence-electron chi connectivity index (χ1n) is 7.25. The van der Waals surface area contributed by atoms with E-state index in [4.69, 9.17) is 0 Å². The number of alkyl halides is 3. The molecular formula is C15H9F3N6O2. The Morgan fingerprint density at radius 3 is 2.81 bits per heavy atom. The first-order chi connectivity index (χ1) is 12.4. The van der Waals surface area contributed by atoms with Crippen molar-refractivity contribution in [1.29, 1.82) is 0 Å². The van der Waals surface area contributed by atoms with E-state index in [1.165, 1.54) is 6.20 Å². The molecule has 3 aromatic heterocycles. The third kappa shape index (κ3) is 2.68. The number of carbonyl (C=O) groups excluding carboxylic acids is 1. The molecule has 0 fully saturated rings. The number of rotatable bonds is 3. The SMILES string of the molecule is O=C(Nc1c[nH]nc1-c1nc2ccccc2[nH]1)c1cnoc1C(F)(F)F. The Bertz CT molecular complexity index is 1060. The van der Waals surface area contributed by atoms with Crippen molar-refractivity contribution < 1.29 is 22.5 Å². The summed E-state index contributed by atoms with van der Waals surface area (Å²) in [6.45, 7) is 0. The van der Waals surface area contributed by atoms with Crippen LogP contribution in [0, 0.1) is 0 Å². The Labute approximate surface area is 142 Å². The van der Waals surface area contributed by atoms with Gasteiger partial charge < -0.3 is 14.8 Å². The van der Waals surface area contributed by atoms with Gasteiger partial charge in [0.1, 0.15) is 5.56 Å². The molecule has 0 aliphatic carbocycles. The monoisotopic (exact) mass is 362 g/mol. The van der Waals surface area contributed by atoms with Crippen LogP contribution in [0.2, 0.25) is 0 Å². The van der Waals surface area contributed by atoms with Crippen molar-refractivity contribution in [1.82, 2.24) is 25.3 Å². The molecule has 8 nitrogen and oxygen atoms in total. The van der Waals surface area contributed by atoms with Gasteiger partial charge in [-0.2, -0.15) is 18.3 Å². The molecule has 0 saturated carbocycles. The highest BCUT2D eigenvalue weighted by Gasteiger charge is 2.40. The normalized spacial score (nSPS) is 11.8. The highest BCUT2D eigenvalue weighted by Crippen LogP contribution is 2.32. The number of halogens is 3. The number of aromatic amines is 2. The van der Waals surface area contributed by atoms with Crippen LogP contribution in [0.4, 0.5) is 18.9 Å². The summed E-state index contributed by atoms with van der Waals surface area (Å²) in [5, 5.41) is 11.9. The summed E-state index contributed by atoms with van der Waals surface area (Å²) >= 11 is 0. The van der Waals surface area contributed by atoms with Gasteiger partial charge in [-0.15, -0.1) is 0 Å². The van der Waals surface area contributed by atoms with E-state index < -0.39 is 23.4 Å². The molecule has 132 valence electrons. The predicted molar refractivity (Wildman–Crippen MR) is 83.1 cm³/mol. The maximum Gasteiger partial charge on any atom is 0.453 e. The molecule has 0 spiro atoms. The fraction of sp³-hybridized carbons (Fsp3) is 0.0667. The van der Waals surface area contributed by atoms with E-state index in [0.29, 0.717) is 17.5 Å². The number of para-hydroxylation sites is 2. The molecular weight excluding hydrogens is 353 g/mol. The number of H-pyrrole nitrogens is 2. The zero-order valence-corrected chi connectivity index (χ0v) is 12.8. The molecule has 11 heteroatoms. The van der Waals surface area contributed by atoms with Crippen LogP contribution in [0.3, 0.4) is 0 Å². The Kier molecular flexibility index (Phi) is 3.49. The predicted octanol–water partition coefficient (Wildman–Crippen LogP) is 3.21. The fourth-order valence-electron chi connectivity index (χ4n) is 2.43. The molecule has 26 heavy (non-hydrogen) atoms. The third-order valence-electron chi connectivity index (χ3n) is 3.57. The number of nitrogens with one attached hydrogen (secondary N) is 3. The first-order valence-corrected chi connectivity index (χ1v) is 7.25. The molecule has 0 bridgehead atoms. The molecule has 3 N–H and O–H groups in total. The summed E-state index contributed by atoms with van der Waals surface area (Å²) in [6, 6.07) is 7.23. The molecule has 0 unspecified atom stereocenters. The van der Waals surface area contributed by atoms with Crippen molar-refractivity contribution in [3.05, 3.63) is 48.0 Å². The van der Waals surface area contributed by atoms with Gasteiger partial charge >= 0.3 is 6.18 Å². The van der Waals surface area contributed by atoms with Gasteiger partial charge in [-0.1, -0.05) is 17.3 Å². The van der Waals surface area contributed by atoms with Crippen molar-refractivity contribution in [2.75, 3.05) is 5.32 Å². The van der Waals surface area contributed by atoms with Gasteiger partial charge in [0.15, 0.2) is 11.5 Å². The number of anilines is 1. The van der Waals surface area contributed by atoms with Gasteiger partial charge in [-0.3, -0.25) is 9.89 Å². The number of nitrogens with zero attached hydrogens (tertiary/aromatic N) is 3. The molecule has 3 heterocycles. The van der Waals surface area contributed by atoms with E-state index in [1.54, 1.807) is 6.07 Å². The maximum absolute atomic E-state index is 12.8. The summed E-state index contributed by atoms with van der Waals surface area (Å²) in [6.07, 6.45) is -2.79. The lowest BCUT2D eigenvalue weighted by Crippen LogP contribution is -2.17. The summed E-state index contributed by atoms with van der Waals surface area (Å²) in [5.74, 6) is -2.15. The summed E-state index contributed by atoms with van der Waals surface area (Å²) in [5.41, 5.74) is 1.11. The highest BCUT2D eigenvalue weighted by atomic mass is 19.4. The minimum atomic E-state index is -4.83. The van der Waals surface area contributed by atoms with Gasteiger partial charge in [-0.05, 0) is 12.1 Å². The number of amides is 1. The van der Waals surface area contributed by atoms with Gasteiger partial charge in [0.2, 0.25) is 0 Å². The molecule has 0 saturated heterocycles.